The lowest BCUT2D eigenvalue weighted by atomic mass is 10.1. The highest BCUT2D eigenvalue weighted by Crippen LogP contribution is 2.15. The van der Waals surface area contributed by atoms with Crippen LogP contribution in [0.2, 0.25) is 0 Å². The Hall–Kier alpha value is -3.61. The second-order valence-corrected chi connectivity index (χ2v) is 5.95. The highest BCUT2D eigenvalue weighted by Gasteiger charge is 2.17. The molecule has 28 heavy (non-hydrogen) atoms. The molecule has 0 aromatic heterocycles. The lowest BCUT2D eigenvalue weighted by Crippen LogP contribution is -2.41. The number of methoxy groups -OCH3 is 1. The number of hydrogen-bond acceptors (Lipinski definition) is 4. The fourth-order valence-corrected chi connectivity index (χ4v) is 2.38. The second-order valence-electron chi connectivity index (χ2n) is 5.95. The average Bonchev–Trinajstić information content (AvgIpc) is 2.72. The van der Waals surface area contributed by atoms with Gasteiger partial charge in [-0.2, -0.15) is 0 Å². The molecule has 0 aliphatic rings. The highest BCUT2D eigenvalue weighted by molar-refractivity contribution is 6.05. The summed E-state index contributed by atoms with van der Waals surface area (Å²) in [6.07, 6.45) is 2.99. The topological polar surface area (TPSA) is 96.5 Å². The molecule has 0 fully saturated rings. The maximum atomic E-state index is 12.4. The minimum atomic E-state index is -0.786. The van der Waals surface area contributed by atoms with Gasteiger partial charge in [0.2, 0.25) is 11.8 Å². The van der Waals surface area contributed by atoms with Crippen molar-refractivity contribution in [3.05, 3.63) is 65.7 Å². The van der Waals surface area contributed by atoms with E-state index in [4.69, 9.17) is 4.74 Å². The molecule has 0 bridgehead atoms. The minimum Gasteiger partial charge on any atom is -0.497 e. The van der Waals surface area contributed by atoms with Gasteiger partial charge in [-0.3, -0.25) is 14.4 Å². The SMILES string of the molecule is CNC(=O)c1ccccc1NC(=O)C(C)NC(=O)/C=C/c1ccc(OC)cc1. The third-order valence-corrected chi connectivity index (χ3v) is 3.95. The molecular weight excluding hydrogens is 358 g/mol. The highest BCUT2D eigenvalue weighted by atomic mass is 16.5. The molecule has 0 saturated carbocycles. The molecule has 1 atom stereocenters. The van der Waals surface area contributed by atoms with Crippen LogP contribution >= 0.6 is 0 Å². The van der Waals surface area contributed by atoms with Crippen molar-refractivity contribution in [1.29, 1.82) is 0 Å². The first kappa shape index (κ1) is 20.7. The van der Waals surface area contributed by atoms with E-state index >= 15 is 0 Å². The monoisotopic (exact) mass is 381 g/mol. The molecule has 7 nitrogen and oxygen atoms in total. The van der Waals surface area contributed by atoms with Gasteiger partial charge in [0, 0.05) is 13.1 Å². The van der Waals surface area contributed by atoms with Crippen molar-refractivity contribution in [3.63, 3.8) is 0 Å². The summed E-state index contributed by atoms with van der Waals surface area (Å²) in [5, 5.41) is 7.78. The zero-order chi connectivity index (χ0) is 20.5. The van der Waals surface area contributed by atoms with E-state index in [1.165, 1.54) is 13.1 Å². The van der Waals surface area contributed by atoms with Crippen LogP contribution in [0.3, 0.4) is 0 Å². The van der Waals surface area contributed by atoms with Crippen LogP contribution in [-0.4, -0.2) is 37.9 Å². The Kier molecular flexibility index (Phi) is 7.33. The number of rotatable bonds is 7. The third kappa shape index (κ3) is 5.70. The van der Waals surface area contributed by atoms with Crippen LogP contribution in [0, 0.1) is 0 Å². The summed E-state index contributed by atoms with van der Waals surface area (Å²) in [7, 11) is 3.09. The van der Waals surface area contributed by atoms with Crippen molar-refractivity contribution in [2.75, 3.05) is 19.5 Å². The van der Waals surface area contributed by atoms with Crippen molar-refractivity contribution in [2.45, 2.75) is 13.0 Å². The fourth-order valence-electron chi connectivity index (χ4n) is 2.38. The number of nitrogens with one attached hydrogen (secondary N) is 3. The van der Waals surface area contributed by atoms with E-state index in [2.05, 4.69) is 16.0 Å². The van der Waals surface area contributed by atoms with Gasteiger partial charge in [-0.05, 0) is 42.8 Å². The summed E-state index contributed by atoms with van der Waals surface area (Å²) in [6.45, 7) is 1.57. The minimum absolute atomic E-state index is 0.310. The molecule has 2 aromatic carbocycles. The van der Waals surface area contributed by atoms with Crippen molar-refractivity contribution >= 4 is 29.5 Å². The lowest BCUT2D eigenvalue weighted by Gasteiger charge is -2.15. The number of hydrogen-bond donors (Lipinski definition) is 3. The number of ether oxygens (including phenoxy) is 1. The number of anilines is 1. The summed E-state index contributed by atoms with van der Waals surface area (Å²) in [4.78, 5) is 36.3. The summed E-state index contributed by atoms with van der Waals surface area (Å²) in [5.74, 6) is -0.417. The van der Waals surface area contributed by atoms with E-state index in [1.54, 1.807) is 56.5 Å². The van der Waals surface area contributed by atoms with Gasteiger partial charge in [0.05, 0.1) is 18.4 Å². The molecule has 0 spiro atoms. The number of benzene rings is 2. The smallest absolute Gasteiger partial charge is 0.253 e. The maximum Gasteiger partial charge on any atom is 0.253 e. The predicted octanol–water partition coefficient (Wildman–Crippen LogP) is 2.21. The zero-order valence-electron chi connectivity index (χ0n) is 16.0. The molecule has 2 aromatic rings. The third-order valence-electron chi connectivity index (χ3n) is 3.95. The van der Waals surface area contributed by atoms with Crippen LogP contribution in [0.5, 0.6) is 5.75 Å². The van der Waals surface area contributed by atoms with Gasteiger partial charge in [-0.25, -0.2) is 0 Å². The molecule has 3 amide bonds. The van der Waals surface area contributed by atoms with Crippen LogP contribution in [-0.2, 0) is 9.59 Å². The van der Waals surface area contributed by atoms with Crippen molar-refractivity contribution in [2.24, 2.45) is 0 Å². The summed E-state index contributed by atoms with van der Waals surface area (Å²) >= 11 is 0. The fraction of sp³-hybridized carbons (Fsp3) is 0.190. The predicted molar refractivity (Wildman–Crippen MR) is 108 cm³/mol. The number of para-hydroxylation sites is 1. The van der Waals surface area contributed by atoms with E-state index in [9.17, 15) is 14.4 Å². The largest absolute Gasteiger partial charge is 0.497 e. The van der Waals surface area contributed by atoms with E-state index in [0.717, 1.165) is 11.3 Å². The molecule has 146 valence electrons. The van der Waals surface area contributed by atoms with Crippen molar-refractivity contribution in [1.82, 2.24) is 10.6 Å². The Labute approximate surface area is 163 Å². The summed E-state index contributed by atoms with van der Waals surface area (Å²) in [5.41, 5.74) is 1.55. The summed E-state index contributed by atoms with van der Waals surface area (Å²) in [6, 6.07) is 13.1. The number of amides is 3. The molecule has 3 N–H and O–H groups in total. The van der Waals surface area contributed by atoms with E-state index < -0.39 is 17.9 Å². The standard InChI is InChI=1S/C21H23N3O4/c1-14(20(26)24-18-7-5-4-6-17(18)21(27)22-2)23-19(25)13-10-15-8-11-16(28-3)12-9-15/h4-14H,1-3H3,(H,22,27)(H,23,25)(H,24,26)/b13-10+. The molecule has 0 aliphatic carbocycles. The molecule has 2 rings (SSSR count). The average molecular weight is 381 g/mol. The van der Waals surface area contributed by atoms with Crippen LogP contribution in [0.25, 0.3) is 6.08 Å². The van der Waals surface area contributed by atoms with Gasteiger partial charge in [-0.1, -0.05) is 24.3 Å². The van der Waals surface area contributed by atoms with Gasteiger partial charge in [0.15, 0.2) is 0 Å². The van der Waals surface area contributed by atoms with Gasteiger partial charge < -0.3 is 20.7 Å². The Morgan fingerprint density at radius 1 is 1.04 bits per heavy atom. The first-order valence-corrected chi connectivity index (χ1v) is 8.69. The first-order chi connectivity index (χ1) is 13.4. The van der Waals surface area contributed by atoms with Crippen molar-refractivity contribution < 1.29 is 19.1 Å². The first-order valence-electron chi connectivity index (χ1n) is 8.69. The number of carbonyl (C=O) groups is 3. The van der Waals surface area contributed by atoms with Gasteiger partial charge >= 0.3 is 0 Å². The Morgan fingerprint density at radius 2 is 1.71 bits per heavy atom. The van der Waals surface area contributed by atoms with E-state index in [-0.39, 0.29) is 5.91 Å². The molecule has 1 unspecified atom stereocenters. The van der Waals surface area contributed by atoms with Crippen LogP contribution in [0.4, 0.5) is 5.69 Å². The van der Waals surface area contributed by atoms with E-state index in [1.807, 2.05) is 12.1 Å². The lowest BCUT2D eigenvalue weighted by molar-refractivity contribution is -0.123. The maximum absolute atomic E-state index is 12.4. The van der Waals surface area contributed by atoms with Crippen molar-refractivity contribution in [3.8, 4) is 5.75 Å². The molecule has 0 radical (unpaired) electrons. The van der Waals surface area contributed by atoms with Crippen LogP contribution in [0.1, 0.15) is 22.8 Å². The Bertz CT molecular complexity index is 875. The zero-order valence-corrected chi connectivity index (χ0v) is 16.0. The Balaban J connectivity index is 1.95. The molecule has 7 heteroatoms. The van der Waals surface area contributed by atoms with Crippen LogP contribution < -0.4 is 20.7 Å². The Morgan fingerprint density at radius 3 is 2.36 bits per heavy atom. The normalized spacial score (nSPS) is 11.5. The second kappa shape index (κ2) is 9.91. The number of carbonyl (C=O) groups excluding carboxylic acids is 3. The van der Waals surface area contributed by atoms with Gasteiger partial charge in [0.1, 0.15) is 11.8 Å². The molecule has 0 aliphatic heterocycles. The summed E-state index contributed by atoms with van der Waals surface area (Å²) < 4.78 is 5.08. The molecule has 0 heterocycles. The van der Waals surface area contributed by atoms with Crippen LogP contribution in [0.15, 0.2) is 54.6 Å². The van der Waals surface area contributed by atoms with Gasteiger partial charge in [0.25, 0.3) is 5.91 Å². The quantitative estimate of drug-likeness (QED) is 0.641. The van der Waals surface area contributed by atoms with Gasteiger partial charge in [-0.15, -0.1) is 0 Å². The van der Waals surface area contributed by atoms with E-state index in [0.29, 0.717) is 11.3 Å². The molecule has 0 saturated heterocycles. The molecular formula is C21H23N3O4.